The maximum atomic E-state index is 11.8. The molecule has 8 heteroatoms. The molecule has 3 N–H and O–H groups in total. The van der Waals surface area contributed by atoms with Gasteiger partial charge in [0.1, 0.15) is 6.04 Å². The van der Waals surface area contributed by atoms with Gasteiger partial charge in [0.2, 0.25) is 11.8 Å². The standard InChI is InChI=1S/C11H12N4O4/c16-10-6-12-9(5-13-10)11(17)14-7-1-3-8(4-2-7)15(18)19/h1-4,9,12H,5-6H2,(H,13,16)(H,14,17). The molecule has 1 atom stereocenters. The number of hydrogen-bond acceptors (Lipinski definition) is 5. The van der Waals surface area contributed by atoms with E-state index in [4.69, 9.17) is 0 Å². The Morgan fingerprint density at radius 3 is 2.58 bits per heavy atom. The number of carbonyl (C=O) groups is 2. The summed E-state index contributed by atoms with van der Waals surface area (Å²) in [4.78, 5) is 32.7. The molecule has 0 radical (unpaired) electrons. The van der Waals surface area contributed by atoms with Gasteiger partial charge in [-0.25, -0.2) is 0 Å². The number of nitrogens with one attached hydrogen (secondary N) is 3. The average Bonchev–Trinajstić information content (AvgIpc) is 2.40. The lowest BCUT2D eigenvalue weighted by Gasteiger charge is -2.23. The van der Waals surface area contributed by atoms with Crippen LogP contribution in [0.15, 0.2) is 24.3 Å². The van der Waals surface area contributed by atoms with Crippen molar-refractivity contribution >= 4 is 23.2 Å². The van der Waals surface area contributed by atoms with Gasteiger partial charge >= 0.3 is 0 Å². The normalized spacial score (nSPS) is 18.5. The minimum Gasteiger partial charge on any atom is -0.353 e. The predicted molar refractivity (Wildman–Crippen MR) is 66.5 cm³/mol. The number of anilines is 1. The second-order valence-corrected chi connectivity index (χ2v) is 4.03. The van der Waals surface area contributed by atoms with Crippen molar-refractivity contribution in [2.24, 2.45) is 0 Å². The molecule has 1 aromatic rings. The fourth-order valence-electron chi connectivity index (χ4n) is 1.65. The Labute approximate surface area is 108 Å². The molecule has 1 saturated heterocycles. The summed E-state index contributed by atoms with van der Waals surface area (Å²) in [6, 6.07) is 5.03. The van der Waals surface area contributed by atoms with Crippen molar-refractivity contribution in [2.75, 3.05) is 18.4 Å². The maximum Gasteiger partial charge on any atom is 0.269 e. The summed E-state index contributed by atoms with van der Waals surface area (Å²) in [5.74, 6) is -0.451. The van der Waals surface area contributed by atoms with E-state index >= 15 is 0 Å². The molecule has 1 aromatic carbocycles. The topological polar surface area (TPSA) is 113 Å². The van der Waals surface area contributed by atoms with Gasteiger partial charge in [-0.1, -0.05) is 0 Å². The molecule has 0 spiro atoms. The highest BCUT2D eigenvalue weighted by Crippen LogP contribution is 2.15. The largest absolute Gasteiger partial charge is 0.353 e. The van der Waals surface area contributed by atoms with Crippen LogP contribution in [0.5, 0.6) is 0 Å². The molecule has 1 aliphatic rings. The van der Waals surface area contributed by atoms with Crippen molar-refractivity contribution in [1.29, 1.82) is 0 Å². The third kappa shape index (κ3) is 3.26. The van der Waals surface area contributed by atoms with Crippen LogP contribution < -0.4 is 16.0 Å². The van der Waals surface area contributed by atoms with Crippen molar-refractivity contribution in [3.8, 4) is 0 Å². The minimum absolute atomic E-state index is 0.0407. The van der Waals surface area contributed by atoms with Crippen LogP contribution in [0.3, 0.4) is 0 Å². The van der Waals surface area contributed by atoms with Crippen molar-refractivity contribution in [3.63, 3.8) is 0 Å². The molecule has 0 aromatic heterocycles. The lowest BCUT2D eigenvalue weighted by Crippen LogP contribution is -2.56. The number of piperazine rings is 1. The second-order valence-electron chi connectivity index (χ2n) is 4.03. The molecule has 1 fully saturated rings. The van der Waals surface area contributed by atoms with Crippen LogP contribution >= 0.6 is 0 Å². The molecule has 19 heavy (non-hydrogen) atoms. The molecular weight excluding hydrogens is 252 g/mol. The number of benzene rings is 1. The SMILES string of the molecule is O=C1CNC(C(=O)Nc2ccc([N+](=O)[O-])cc2)CN1. The van der Waals surface area contributed by atoms with Crippen LogP contribution in [-0.2, 0) is 9.59 Å². The number of non-ortho nitro benzene ring substituents is 1. The van der Waals surface area contributed by atoms with Crippen LogP contribution in [-0.4, -0.2) is 35.9 Å². The first kappa shape index (κ1) is 13.0. The number of amides is 2. The Hall–Kier alpha value is -2.48. The zero-order chi connectivity index (χ0) is 13.8. The summed E-state index contributed by atoms with van der Waals surface area (Å²) in [5, 5.41) is 18.5. The van der Waals surface area contributed by atoms with E-state index in [2.05, 4.69) is 16.0 Å². The van der Waals surface area contributed by atoms with E-state index in [0.29, 0.717) is 5.69 Å². The molecule has 1 unspecified atom stereocenters. The zero-order valence-electron chi connectivity index (χ0n) is 9.88. The van der Waals surface area contributed by atoms with E-state index in [1.807, 2.05) is 0 Å². The quantitative estimate of drug-likeness (QED) is 0.508. The first-order valence-corrected chi connectivity index (χ1v) is 5.61. The van der Waals surface area contributed by atoms with Gasteiger partial charge in [0.05, 0.1) is 11.5 Å². The molecule has 2 amide bonds. The third-order valence-electron chi connectivity index (χ3n) is 2.67. The first-order chi connectivity index (χ1) is 9.06. The van der Waals surface area contributed by atoms with Gasteiger partial charge in [0.25, 0.3) is 5.69 Å². The van der Waals surface area contributed by atoms with Crippen LogP contribution in [0.1, 0.15) is 0 Å². The van der Waals surface area contributed by atoms with Crippen molar-refractivity contribution in [3.05, 3.63) is 34.4 Å². The summed E-state index contributed by atoms with van der Waals surface area (Å²) in [6.07, 6.45) is 0. The minimum atomic E-state index is -0.510. The summed E-state index contributed by atoms with van der Waals surface area (Å²) in [5.41, 5.74) is 0.426. The third-order valence-corrected chi connectivity index (χ3v) is 2.67. The average molecular weight is 264 g/mol. The lowest BCUT2D eigenvalue weighted by molar-refractivity contribution is -0.384. The molecule has 0 bridgehead atoms. The van der Waals surface area contributed by atoms with Crippen molar-refractivity contribution < 1.29 is 14.5 Å². The van der Waals surface area contributed by atoms with Gasteiger partial charge in [-0.3, -0.25) is 25.0 Å². The molecule has 0 saturated carbocycles. The van der Waals surface area contributed by atoms with E-state index in [1.165, 1.54) is 24.3 Å². The van der Waals surface area contributed by atoms with Crippen LogP contribution in [0.25, 0.3) is 0 Å². The molecular formula is C11H12N4O4. The van der Waals surface area contributed by atoms with Gasteiger partial charge in [-0.2, -0.15) is 0 Å². The molecule has 0 aliphatic carbocycles. The Kier molecular flexibility index (Phi) is 3.71. The van der Waals surface area contributed by atoms with E-state index in [1.54, 1.807) is 0 Å². The Morgan fingerprint density at radius 2 is 2.05 bits per heavy atom. The van der Waals surface area contributed by atoms with Crippen LogP contribution in [0.4, 0.5) is 11.4 Å². The van der Waals surface area contributed by atoms with E-state index in [9.17, 15) is 19.7 Å². The van der Waals surface area contributed by atoms with E-state index < -0.39 is 11.0 Å². The van der Waals surface area contributed by atoms with Gasteiger partial charge in [0, 0.05) is 24.4 Å². The van der Waals surface area contributed by atoms with E-state index in [-0.39, 0.29) is 30.6 Å². The summed E-state index contributed by atoms with van der Waals surface area (Å²) in [6.45, 7) is 0.315. The van der Waals surface area contributed by atoms with Crippen molar-refractivity contribution in [2.45, 2.75) is 6.04 Å². The molecule has 8 nitrogen and oxygen atoms in total. The van der Waals surface area contributed by atoms with Gasteiger partial charge in [-0.15, -0.1) is 0 Å². The first-order valence-electron chi connectivity index (χ1n) is 5.61. The smallest absolute Gasteiger partial charge is 0.269 e. The molecule has 1 aliphatic heterocycles. The fraction of sp³-hybridized carbons (Fsp3) is 0.273. The summed E-state index contributed by atoms with van der Waals surface area (Å²) in [7, 11) is 0. The Balaban J connectivity index is 1.95. The zero-order valence-corrected chi connectivity index (χ0v) is 9.88. The number of nitro groups is 1. The highest BCUT2D eigenvalue weighted by atomic mass is 16.6. The number of nitrogens with zero attached hydrogens (tertiary/aromatic N) is 1. The van der Waals surface area contributed by atoms with Gasteiger partial charge in [-0.05, 0) is 12.1 Å². The molecule has 2 rings (SSSR count). The van der Waals surface area contributed by atoms with Crippen LogP contribution in [0.2, 0.25) is 0 Å². The van der Waals surface area contributed by atoms with Gasteiger partial charge < -0.3 is 10.6 Å². The van der Waals surface area contributed by atoms with Gasteiger partial charge in [0.15, 0.2) is 0 Å². The van der Waals surface area contributed by atoms with Crippen LogP contribution in [0, 0.1) is 10.1 Å². The summed E-state index contributed by atoms with van der Waals surface area (Å²) >= 11 is 0. The Morgan fingerprint density at radius 1 is 1.37 bits per heavy atom. The monoisotopic (exact) mass is 264 g/mol. The number of carbonyl (C=O) groups excluding carboxylic acids is 2. The molecule has 1 heterocycles. The highest BCUT2D eigenvalue weighted by Gasteiger charge is 2.23. The number of rotatable bonds is 3. The molecule has 100 valence electrons. The fourth-order valence-corrected chi connectivity index (χ4v) is 1.65. The second kappa shape index (κ2) is 5.44. The summed E-state index contributed by atoms with van der Waals surface area (Å²) < 4.78 is 0. The lowest BCUT2D eigenvalue weighted by atomic mass is 10.2. The van der Waals surface area contributed by atoms with E-state index in [0.717, 1.165) is 0 Å². The highest BCUT2D eigenvalue weighted by molar-refractivity contribution is 5.96. The Bertz CT molecular complexity index is 504. The predicted octanol–water partition coefficient (Wildman–Crippen LogP) is -0.379. The maximum absolute atomic E-state index is 11.8. The number of nitro benzene ring substituents is 1. The van der Waals surface area contributed by atoms with Crippen molar-refractivity contribution in [1.82, 2.24) is 10.6 Å². The number of hydrogen-bond donors (Lipinski definition) is 3.